The minimum Gasteiger partial charge on any atom is -0.383 e. The fraction of sp³-hybridized carbons (Fsp3) is 0.375. The minimum absolute atomic E-state index is 0.134. The van der Waals surface area contributed by atoms with Crippen LogP contribution in [0.15, 0.2) is 54.6 Å². The number of nitrogens with zero attached hydrogens (tertiary/aromatic N) is 1. The Morgan fingerprint density at radius 1 is 1.00 bits per heavy atom. The van der Waals surface area contributed by atoms with Crippen LogP contribution in [0.3, 0.4) is 0 Å². The number of hydrogen-bond donors (Lipinski definition) is 2. The number of amides is 3. The molecule has 0 aliphatic heterocycles. The first-order valence-electron chi connectivity index (χ1n) is 10.4. The maximum Gasteiger partial charge on any atom is 0.243 e. The Bertz CT molecular complexity index is 853. The first-order chi connectivity index (χ1) is 14.9. The Morgan fingerprint density at radius 2 is 1.68 bits per heavy atom. The number of carbonyl (C=O) groups excluding carboxylic acids is 3. The summed E-state index contributed by atoms with van der Waals surface area (Å²) >= 11 is 0. The number of methoxy groups -OCH3 is 1. The number of hydrogen-bond acceptors (Lipinski definition) is 4. The number of carbonyl (C=O) groups is 3. The van der Waals surface area contributed by atoms with Gasteiger partial charge in [0.1, 0.15) is 0 Å². The van der Waals surface area contributed by atoms with Gasteiger partial charge in [-0.05, 0) is 31.0 Å². The van der Waals surface area contributed by atoms with Crippen LogP contribution >= 0.6 is 0 Å². The summed E-state index contributed by atoms with van der Waals surface area (Å²) in [7, 11) is 1.55. The molecule has 2 aromatic rings. The van der Waals surface area contributed by atoms with Gasteiger partial charge in [-0.2, -0.15) is 0 Å². The highest BCUT2D eigenvalue weighted by molar-refractivity contribution is 5.95. The molecule has 2 aromatic carbocycles. The second kappa shape index (κ2) is 12.5. The molecular formula is C24H31N3O4. The minimum atomic E-state index is -0.397. The van der Waals surface area contributed by atoms with Gasteiger partial charge in [-0.15, -0.1) is 0 Å². The van der Waals surface area contributed by atoms with Crippen molar-refractivity contribution in [2.75, 3.05) is 38.7 Å². The normalized spacial score (nSPS) is 11.5. The van der Waals surface area contributed by atoms with Crippen LogP contribution in [-0.2, 0) is 19.1 Å². The van der Waals surface area contributed by atoms with Gasteiger partial charge in [-0.3, -0.25) is 14.4 Å². The van der Waals surface area contributed by atoms with E-state index < -0.39 is 5.91 Å². The molecule has 31 heavy (non-hydrogen) atoms. The number of ether oxygens (including phenoxy) is 1. The topological polar surface area (TPSA) is 87.7 Å². The van der Waals surface area contributed by atoms with Crippen molar-refractivity contribution < 1.29 is 19.1 Å². The third-order valence-electron chi connectivity index (χ3n) is 4.90. The predicted octanol–water partition coefficient (Wildman–Crippen LogP) is 2.72. The molecule has 0 heterocycles. The van der Waals surface area contributed by atoms with Crippen LogP contribution < -0.4 is 10.6 Å². The lowest BCUT2D eigenvalue weighted by atomic mass is 9.95. The SMILES string of the molecule is CCC(C(=O)N(CCOC)CC(=O)NCC(=O)Nc1ccc(C)cc1)c1ccccc1. The van der Waals surface area contributed by atoms with E-state index in [9.17, 15) is 14.4 Å². The van der Waals surface area contributed by atoms with Gasteiger partial charge in [-0.25, -0.2) is 0 Å². The summed E-state index contributed by atoms with van der Waals surface area (Å²) in [5.74, 6) is -1.20. The van der Waals surface area contributed by atoms with E-state index in [2.05, 4.69) is 10.6 Å². The average Bonchev–Trinajstić information content (AvgIpc) is 2.78. The number of benzene rings is 2. The molecule has 2 rings (SSSR count). The highest BCUT2D eigenvalue weighted by Crippen LogP contribution is 2.22. The molecule has 0 fully saturated rings. The lowest BCUT2D eigenvalue weighted by Crippen LogP contribution is -2.45. The third kappa shape index (κ3) is 7.86. The standard InChI is InChI=1S/C24H31N3O4/c1-4-21(19-8-6-5-7-9-19)24(30)27(14-15-31-3)17-23(29)25-16-22(28)26-20-12-10-18(2)11-13-20/h5-13,21H,4,14-17H2,1-3H3,(H,25,29)(H,26,28). The Morgan fingerprint density at radius 3 is 2.29 bits per heavy atom. The van der Waals surface area contributed by atoms with Crippen molar-refractivity contribution in [2.24, 2.45) is 0 Å². The summed E-state index contributed by atoms with van der Waals surface area (Å²) in [6.07, 6.45) is 0.618. The van der Waals surface area contributed by atoms with Crippen LogP contribution in [0.5, 0.6) is 0 Å². The van der Waals surface area contributed by atoms with Gasteiger partial charge in [0, 0.05) is 19.3 Å². The van der Waals surface area contributed by atoms with Gasteiger partial charge in [0.2, 0.25) is 17.7 Å². The highest BCUT2D eigenvalue weighted by Gasteiger charge is 2.26. The molecule has 0 saturated heterocycles. The molecule has 166 valence electrons. The quantitative estimate of drug-likeness (QED) is 0.580. The first kappa shape index (κ1) is 24.1. The van der Waals surface area contributed by atoms with E-state index in [0.29, 0.717) is 25.3 Å². The molecule has 7 nitrogen and oxygen atoms in total. The summed E-state index contributed by atoms with van der Waals surface area (Å²) in [6.45, 7) is 4.21. The zero-order chi connectivity index (χ0) is 22.6. The molecule has 0 saturated carbocycles. The van der Waals surface area contributed by atoms with Gasteiger partial charge >= 0.3 is 0 Å². The molecule has 1 atom stereocenters. The van der Waals surface area contributed by atoms with Crippen molar-refractivity contribution >= 4 is 23.4 Å². The second-order valence-corrected chi connectivity index (χ2v) is 7.32. The van der Waals surface area contributed by atoms with Crippen LogP contribution in [0.2, 0.25) is 0 Å². The van der Waals surface area contributed by atoms with E-state index in [1.54, 1.807) is 19.2 Å². The maximum atomic E-state index is 13.1. The molecule has 0 aliphatic rings. The first-order valence-corrected chi connectivity index (χ1v) is 10.4. The van der Waals surface area contributed by atoms with Crippen molar-refractivity contribution in [1.29, 1.82) is 0 Å². The van der Waals surface area contributed by atoms with Crippen LogP contribution in [0.25, 0.3) is 0 Å². The molecule has 0 radical (unpaired) electrons. The van der Waals surface area contributed by atoms with Gasteiger partial charge < -0.3 is 20.3 Å². The zero-order valence-electron chi connectivity index (χ0n) is 18.4. The van der Waals surface area contributed by atoms with Crippen molar-refractivity contribution in [3.8, 4) is 0 Å². The molecule has 2 N–H and O–H groups in total. The fourth-order valence-corrected chi connectivity index (χ4v) is 3.18. The van der Waals surface area contributed by atoms with Crippen molar-refractivity contribution in [3.05, 3.63) is 65.7 Å². The average molecular weight is 426 g/mol. The van der Waals surface area contributed by atoms with Crippen LogP contribution in [0.4, 0.5) is 5.69 Å². The van der Waals surface area contributed by atoms with E-state index in [4.69, 9.17) is 4.74 Å². The Balaban J connectivity index is 1.94. The monoisotopic (exact) mass is 425 g/mol. The van der Waals surface area contributed by atoms with Gasteiger partial charge in [0.05, 0.1) is 25.6 Å². The van der Waals surface area contributed by atoms with Crippen LogP contribution in [-0.4, -0.2) is 56.0 Å². The number of aryl methyl sites for hydroxylation is 1. The van der Waals surface area contributed by atoms with Gasteiger partial charge in [-0.1, -0.05) is 55.0 Å². The Labute approximate surface area is 183 Å². The number of nitrogens with one attached hydrogen (secondary N) is 2. The molecule has 0 bridgehead atoms. The van der Waals surface area contributed by atoms with E-state index in [-0.39, 0.29) is 30.8 Å². The Kier molecular flexibility index (Phi) is 9.71. The highest BCUT2D eigenvalue weighted by atomic mass is 16.5. The summed E-state index contributed by atoms with van der Waals surface area (Å²) in [6, 6.07) is 16.9. The maximum absolute atomic E-state index is 13.1. The van der Waals surface area contributed by atoms with Crippen LogP contribution in [0, 0.1) is 6.92 Å². The smallest absolute Gasteiger partial charge is 0.243 e. The van der Waals surface area contributed by atoms with E-state index in [1.807, 2.05) is 56.3 Å². The van der Waals surface area contributed by atoms with E-state index in [0.717, 1.165) is 11.1 Å². The molecule has 0 aromatic heterocycles. The number of rotatable bonds is 11. The van der Waals surface area contributed by atoms with Gasteiger partial charge in [0.15, 0.2) is 0 Å². The van der Waals surface area contributed by atoms with E-state index >= 15 is 0 Å². The molecule has 1 unspecified atom stereocenters. The Hall–Kier alpha value is -3.19. The van der Waals surface area contributed by atoms with Crippen molar-refractivity contribution in [1.82, 2.24) is 10.2 Å². The van der Waals surface area contributed by atoms with E-state index in [1.165, 1.54) is 4.90 Å². The zero-order valence-corrected chi connectivity index (χ0v) is 18.4. The molecule has 0 spiro atoms. The summed E-state index contributed by atoms with van der Waals surface area (Å²) < 4.78 is 5.11. The molecule has 7 heteroatoms. The second-order valence-electron chi connectivity index (χ2n) is 7.32. The van der Waals surface area contributed by atoms with Crippen molar-refractivity contribution in [3.63, 3.8) is 0 Å². The fourth-order valence-electron chi connectivity index (χ4n) is 3.18. The summed E-state index contributed by atoms with van der Waals surface area (Å²) in [5, 5.41) is 5.32. The van der Waals surface area contributed by atoms with Crippen molar-refractivity contribution in [2.45, 2.75) is 26.2 Å². The van der Waals surface area contributed by atoms with Gasteiger partial charge in [0.25, 0.3) is 0 Å². The van der Waals surface area contributed by atoms with Crippen LogP contribution in [0.1, 0.15) is 30.4 Å². The number of anilines is 1. The predicted molar refractivity (Wildman–Crippen MR) is 121 cm³/mol. The third-order valence-corrected chi connectivity index (χ3v) is 4.90. The largest absolute Gasteiger partial charge is 0.383 e. The molecule has 0 aliphatic carbocycles. The molecular weight excluding hydrogens is 394 g/mol. The molecule has 3 amide bonds. The summed E-state index contributed by atoms with van der Waals surface area (Å²) in [4.78, 5) is 39.2. The lowest BCUT2D eigenvalue weighted by Gasteiger charge is -2.26. The lowest BCUT2D eigenvalue weighted by molar-refractivity contribution is -0.138. The summed E-state index contributed by atoms with van der Waals surface area (Å²) in [5.41, 5.74) is 2.67.